The molecular weight excluding hydrogens is 384 g/mol. The zero-order valence-electron chi connectivity index (χ0n) is 18.5. The minimum atomic E-state index is -0.145. The molecule has 0 saturated heterocycles. The van der Waals surface area contributed by atoms with Gasteiger partial charge >= 0.3 is 0 Å². The highest BCUT2D eigenvalue weighted by molar-refractivity contribution is 6.13. The molecule has 0 aliphatic carbocycles. The van der Waals surface area contributed by atoms with Gasteiger partial charge in [0.15, 0.2) is 0 Å². The Morgan fingerprint density at radius 3 is 2.39 bits per heavy atom. The van der Waals surface area contributed by atoms with Gasteiger partial charge in [-0.2, -0.15) is 0 Å². The molecule has 0 aliphatic rings. The number of methoxy groups -OCH3 is 1. The lowest BCUT2D eigenvalue weighted by molar-refractivity contribution is 0.102. The topological polar surface area (TPSA) is 51.2 Å². The van der Waals surface area contributed by atoms with E-state index in [1.807, 2.05) is 76.2 Å². The van der Waals surface area contributed by atoms with Crippen LogP contribution in [0.2, 0.25) is 0 Å². The number of aromatic nitrogens is 1. The van der Waals surface area contributed by atoms with Crippen LogP contribution in [-0.2, 0) is 0 Å². The maximum absolute atomic E-state index is 13.4. The molecule has 0 atom stereocenters. The molecule has 0 spiro atoms. The van der Waals surface area contributed by atoms with E-state index in [1.165, 1.54) is 0 Å². The van der Waals surface area contributed by atoms with Crippen molar-refractivity contribution in [3.8, 4) is 17.0 Å². The number of benzene rings is 3. The van der Waals surface area contributed by atoms with Crippen molar-refractivity contribution in [3.05, 3.63) is 88.5 Å². The van der Waals surface area contributed by atoms with Crippen molar-refractivity contribution >= 4 is 22.5 Å². The number of aryl methyl sites for hydroxylation is 4. The van der Waals surface area contributed by atoms with Gasteiger partial charge in [-0.05, 0) is 69.2 Å². The van der Waals surface area contributed by atoms with E-state index < -0.39 is 0 Å². The average Bonchev–Trinajstić information content (AvgIpc) is 2.75. The van der Waals surface area contributed by atoms with Gasteiger partial charge in [0.2, 0.25) is 0 Å². The van der Waals surface area contributed by atoms with E-state index in [0.29, 0.717) is 5.56 Å². The first-order valence-corrected chi connectivity index (χ1v) is 10.3. The highest BCUT2D eigenvalue weighted by Crippen LogP contribution is 2.30. The Morgan fingerprint density at radius 2 is 1.65 bits per heavy atom. The Balaban J connectivity index is 1.88. The lowest BCUT2D eigenvalue weighted by Gasteiger charge is -2.14. The Morgan fingerprint density at radius 1 is 0.871 bits per heavy atom. The molecule has 4 heteroatoms. The van der Waals surface area contributed by atoms with Crippen LogP contribution in [0.5, 0.6) is 5.75 Å². The van der Waals surface area contributed by atoms with Crippen LogP contribution < -0.4 is 10.1 Å². The minimum absolute atomic E-state index is 0.145. The number of hydrogen-bond donors (Lipinski definition) is 1. The fraction of sp³-hybridized carbons (Fsp3) is 0.185. The molecule has 0 fully saturated rings. The molecular formula is C27H26N2O2. The molecule has 0 unspecified atom stereocenters. The Kier molecular flexibility index (Phi) is 5.47. The number of amides is 1. The summed E-state index contributed by atoms with van der Waals surface area (Å²) in [7, 11) is 1.64. The first-order valence-electron chi connectivity index (χ1n) is 10.3. The van der Waals surface area contributed by atoms with Crippen LogP contribution in [-0.4, -0.2) is 18.0 Å². The number of carbonyl (C=O) groups excluding carboxylic acids is 1. The van der Waals surface area contributed by atoms with Crippen LogP contribution in [0.15, 0.2) is 60.7 Å². The van der Waals surface area contributed by atoms with E-state index in [1.54, 1.807) is 7.11 Å². The van der Waals surface area contributed by atoms with Crippen LogP contribution in [0.3, 0.4) is 0 Å². The van der Waals surface area contributed by atoms with Gasteiger partial charge in [0.1, 0.15) is 5.75 Å². The summed E-state index contributed by atoms with van der Waals surface area (Å²) in [5, 5.41) is 3.95. The Labute approximate surface area is 182 Å². The molecule has 4 nitrogen and oxygen atoms in total. The number of carbonyl (C=O) groups is 1. The molecule has 156 valence electrons. The van der Waals surface area contributed by atoms with Crippen molar-refractivity contribution < 1.29 is 9.53 Å². The molecule has 1 amide bonds. The summed E-state index contributed by atoms with van der Waals surface area (Å²) >= 11 is 0. The largest absolute Gasteiger partial charge is 0.497 e. The van der Waals surface area contributed by atoms with Gasteiger partial charge < -0.3 is 10.1 Å². The van der Waals surface area contributed by atoms with Crippen LogP contribution in [0, 0.1) is 27.7 Å². The van der Waals surface area contributed by atoms with E-state index >= 15 is 0 Å². The molecule has 3 aromatic carbocycles. The monoisotopic (exact) mass is 410 g/mol. The lowest BCUT2D eigenvalue weighted by atomic mass is 9.99. The second kappa shape index (κ2) is 8.23. The second-order valence-electron chi connectivity index (χ2n) is 8.04. The number of ether oxygens (including phenoxy) is 1. The average molecular weight is 411 g/mol. The molecule has 0 saturated carbocycles. The highest BCUT2D eigenvalue weighted by atomic mass is 16.5. The number of nitrogens with zero attached hydrogens (tertiary/aromatic N) is 1. The van der Waals surface area contributed by atoms with Crippen LogP contribution in [0.4, 0.5) is 5.69 Å². The number of pyridine rings is 1. The van der Waals surface area contributed by atoms with E-state index in [9.17, 15) is 4.79 Å². The van der Waals surface area contributed by atoms with Crippen molar-refractivity contribution in [2.75, 3.05) is 12.4 Å². The molecule has 1 aromatic heterocycles. The van der Waals surface area contributed by atoms with Gasteiger partial charge in [-0.1, -0.05) is 41.5 Å². The maximum Gasteiger partial charge on any atom is 0.256 e. The number of rotatable bonds is 4. The summed E-state index contributed by atoms with van der Waals surface area (Å²) < 4.78 is 5.38. The van der Waals surface area contributed by atoms with Crippen molar-refractivity contribution in [1.29, 1.82) is 0 Å². The number of hydrogen-bond acceptors (Lipinski definition) is 3. The quantitative estimate of drug-likeness (QED) is 0.424. The predicted octanol–water partition coefficient (Wildman–Crippen LogP) is 6.40. The third kappa shape index (κ3) is 4.15. The van der Waals surface area contributed by atoms with Crippen molar-refractivity contribution in [3.63, 3.8) is 0 Å². The van der Waals surface area contributed by atoms with Crippen LogP contribution in [0.1, 0.15) is 32.6 Å². The van der Waals surface area contributed by atoms with Crippen LogP contribution >= 0.6 is 0 Å². The molecule has 4 rings (SSSR count). The van der Waals surface area contributed by atoms with Gasteiger partial charge in [0, 0.05) is 16.6 Å². The Bertz CT molecular complexity index is 1310. The van der Waals surface area contributed by atoms with Gasteiger partial charge in [-0.3, -0.25) is 4.79 Å². The normalized spacial score (nSPS) is 10.9. The SMILES string of the molecule is COc1cccc(-c2cc(C(=O)Nc3ccc(C)cc3C)c3cc(C)cc(C)c3n2)c1. The summed E-state index contributed by atoms with van der Waals surface area (Å²) in [6.07, 6.45) is 0. The molecule has 0 bridgehead atoms. The standard InChI is InChI=1S/C27H26N2O2/c1-16-9-10-24(18(3)11-16)29-27(30)23-15-25(20-7-6-8-21(14-20)31-5)28-26-19(4)12-17(2)13-22(23)26/h6-15H,1-5H3,(H,29,30). The summed E-state index contributed by atoms with van der Waals surface area (Å²) in [5.74, 6) is 0.606. The van der Waals surface area contributed by atoms with Crippen molar-refractivity contribution in [2.45, 2.75) is 27.7 Å². The highest BCUT2D eigenvalue weighted by Gasteiger charge is 2.17. The molecule has 0 radical (unpaired) electrons. The summed E-state index contributed by atoms with van der Waals surface area (Å²) in [4.78, 5) is 18.3. The van der Waals surface area contributed by atoms with Crippen molar-refractivity contribution in [2.24, 2.45) is 0 Å². The molecule has 4 aromatic rings. The zero-order valence-corrected chi connectivity index (χ0v) is 18.5. The molecule has 1 heterocycles. The predicted molar refractivity (Wildman–Crippen MR) is 127 cm³/mol. The second-order valence-corrected chi connectivity index (χ2v) is 8.04. The molecule has 1 N–H and O–H groups in total. The molecule has 31 heavy (non-hydrogen) atoms. The zero-order chi connectivity index (χ0) is 22.1. The van der Waals surface area contributed by atoms with Gasteiger partial charge in [0.05, 0.1) is 23.9 Å². The van der Waals surface area contributed by atoms with Crippen LogP contribution in [0.25, 0.3) is 22.2 Å². The van der Waals surface area contributed by atoms with E-state index in [2.05, 4.69) is 17.4 Å². The fourth-order valence-electron chi connectivity index (χ4n) is 3.94. The third-order valence-electron chi connectivity index (χ3n) is 5.49. The van der Waals surface area contributed by atoms with Gasteiger partial charge in [0.25, 0.3) is 5.91 Å². The summed E-state index contributed by atoms with van der Waals surface area (Å²) in [6.45, 7) is 8.11. The van der Waals surface area contributed by atoms with E-state index in [0.717, 1.165) is 55.9 Å². The number of anilines is 1. The third-order valence-corrected chi connectivity index (χ3v) is 5.49. The first kappa shape index (κ1) is 20.6. The first-order chi connectivity index (χ1) is 14.9. The van der Waals surface area contributed by atoms with Crippen molar-refractivity contribution in [1.82, 2.24) is 4.98 Å². The van der Waals surface area contributed by atoms with Gasteiger partial charge in [-0.15, -0.1) is 0 Å². The lowest BCUT2D eigenvalue weighted by Crippen LogP contribution is -2.14. The summed E-state index contributed by atoms with van der Waals surface area (Å²) in [5.41, 5.74) is 8.23. The number of fused-ring (bicyclic) bond motifs is 1. The van der Waals surface area contributed by atoms with E-state index in [-0.39, 0.29) is 5.91 Å². The Hall–Kier alpha value is -3.66. The van der Waals surface area contributed by atoms with E-state index in [4.69, 9.17) is 9.72 Å². The maximum atomic E-state index is 13.4. The summed E-state index contributed by atoms with van der Waals surface area (Å²) in [6, 6.07) is 19.7. The molecule has 0 aliphatic heterocycles. The van der Waals surface area contributed by atoms with Gasteiger partial charge in [-0.25, -0.2) is 4.98 Å². The minimum Gasteiger partial charge on any atom is -0.497 e. The fourth-order valence-corrected chi connectivity index (χ4v) is 3.94. The number of nitrogens with one attached hydrogen (secondary N) is 1. The smallest absolute Gasteiger partial charge is 0.256 e.